The number of likely N-dealkylation sites (N-methyl/N-ethyl adjacent to an activating group) is 1. The number of carbonyl (C=O) groups is 1. The number of halogens is 1. The lowest BCUT2D eigenvalue weighted by molar-refractivity contribution is 0.178. The molecule has 1 amide bonds. The van der Waals surface area contributed by atoms with Crippen molar-refractivity contribution in [2.45, 2.75) is 13.0 Å². The highest BCUT2D eigenvalue weighted by Gasteiger charge is 2.34. The molecule has 1 aromatic rings. The molecule has 2 rings (SSSR count). The van der Waals surface area contributed by atoms with Gasteiger partial charge in [-0.1, -0.05) is 17.7 Å². The predicted octanol–water partition coefficient (Wildman–Crippen LogP) is 2.19. The summed E-state index contributed by atoms with van der Waals surface area (Å²) in [5, 5.41) is 3.71. The van der Waals surface area contributed by atoms with Crippen molar-refractivity contribution >= 4 is 23.4 Å². The van der Waals surface area contributed by atoms with Crippen molar-refractivity contribution in [1.29, 1.82) is 0 Å². The molecule has 1 fully saturated rings. The van der Waals surface area contributed by atoms with Crippen LogP contribution in [0, 0.1) is 6.92 Å². The van der Waals surface area contributed by atoms with Crippen LogP contribution in [0.4, 0.5) is 10.5 Å². The van der Waals surface area contributed by atoms with E-state index in [0.717, 1.165) is 11.3 Å². The van der Waals surface area contributed by atoms with E-state index in [1.807, 2.05) is 32.2 Å². The standard InChI is InChI=1S/C12H15ClN2O2/c1-8-10(13)4-3-5-11(8)15-9(6-14-2)7-17-12(15)16/h3-5,9,14H,6-7H2,1-2H3. The molecule has 0 saturated carbocycles. The van der Waals surface area contributed by atoms with Crippen molar-refractivity contribution < 1.29 is 9.53 Å². The lowest BCUT2D eigenvalue weighted by Gasteiger charge is -2.23. The fourth-order valence-corrected chi connectivity index (χ4v) is 2.17. The minimum absolute atomic E-state index is 0.0182. The number of carbonyl (C=O) groups excluding carboxylic acids is 1. The highest BCUT2D eigenvalue weighted by molar-refractivity contribution is 6.31. The SMILES string of the molecule is CNCC1COC(=O)N1c1cccc(Cl)c1C. The molecule has 0 aliphatic carbocycles. The number of hydrogen-bond acceptors (Lipinski definition) is 3. The molecule has 4 nitrogen and oxygen atoms in total. The van der Waals surface area contributed by atoms with Gasteiger partial charge in [0.1, 0.15) is 6.61 Å². The summed E-state index contributed by atoms with van der Waals surface area (Å²) >= 11 is 6.07. The van der Waals surface area contributed by atoms with Gasteiger partial charge < -0.3 is 10.1 Å². The van der Waals surface area contributed by atoms with Gasteiger partial charge in [-0.2, -0.15) is 0 Å². The zero-order chi connectivity index (χ0) is 12.4. The van der Waals surface area contributed by atoms with Crippen molar-refractivity contribution in [3.63, 3.8) is 0 Å². The third-order valence-corrected chi connectivity index (χ3v) is 3.31. The van der Waals surface area contributed by atoms with Crippen LogP contribution in [0.25, 0.3) is 0 Å². The van der Waals surface area contributed by atoms with Crippen molar-refractivity contribution in [3.05, 3.63) is 28.8 Å². The molecular weight excluding hydrogens is 240 g/mol. The largest absolute Gasteiger partial charge is 0.447 e. The Kier molecular flexibility index (Phi) is 3.54. The second kappa shape index (κ2) is 4.94. The fourth-order valence-electron chi connectivity index (χ4n) is 2.00. The number of nitrogens with zero attached hydrogens (tertiary/aromatic N) is 1. The summed E-state index contributed by atoms with van der Waals surface area (Å²) in [4.78, 5) is 13.4. The molecule has 1 aliphatic rings. The molecule has 1 aromatic carbocycles. The van der Waals surface area contributed by atoms with Crippen LogP contribution in [-0.2, 0) is 4.74 Å². The van der Waals surface area contributed by atoms with Crippen LogP contribution in [0.3, 0.4) is 0 Å². The van der Waals surface area contributed by atoms with E-state index in [0.29, 0.717) is 18.2 Å². The maximum atomic E-state index is 11.8. The van der Waals surface area contributed by atoms with Gasteiger partial charge in [-0.15, -0.1) is 0 Å². The number of amides is 1. The summed E-state index contributed by atoms with van der Waals surface area (Å²) in [7, 11) is 1.85. The second-order valence-corrected chi connectivity index (χ2v) is 4.45. The molecular formula is C12H15ClN2O2. The first-order chi connectivity index (χ1) is 8.15. The molecule has 1 unspecified atom stereocenters. The van der Waals surface area contributed by atoms with Gasteiger partial charge in [0.05, 0.1) is 11.7 Å². The maximum absolute atomic E-state index is 11.8. The minimum Gasteiger partial charge on any atom is -0.447 e. The number of cyclic esters (lactones) is 1. The van der Waals surface area contributed by atoms with Crippen molar-refractivity contribution in [3.8, 4) is 0 Å². The summed E-state index contributed by atoms with van der Waals surface area (Å²) in [6, 6.07) is 5.56. The van der Waals surface area contributed by atoms with E-state index in [-0.39, 0.29) is 12.1 Å². The summed E-state index contributed by atoms with van der Waals surface area (Å²) in [6.45, 7) is 3.00. The monoisotopic (exact) mass is 254 g/mol. The van der Waals surface area contributed by atoms with Gasteiger partial charge in [-0.3, -0.25) is 4.90 Å². The third-order valence-electron chi connectivity index (χ3n) is 2.90. The van der Waals surface area contributed by atoms with Crippen LogP contribution in [-0.4, -0.2) is 32.3 Å². The summed E-state index contributed by atoms with van der Waals surface area (Å²) in [6.07, 6.45) is -0.310. The van der Waals surface area contributed by atoms with E-state index < -0.39 is 0 Å². The average Bonchev–Trinajstić information content (AvgIpc) is 2.65. The Morgan fingerprint density at radius 3 is 3.06 bits per heavy atom. The summed E-state index contributed by atoms with van der Waals surface area (Å²) < 4.78 is 5.08. The van der Waals surface area contributed by atoms with Gasteiger partial charge >= 0.3 is 6.09 Å². The second-order valence-electron chi connectivity index (χ2n) is 4.04. The van der Waals surface area contributed by atoms with Gasteiger partial charge in [0.25, 0.3) is 0 Å². The lowest BCUT2D eigenvalue weighted by atomic mass is 10.1. The molecule has 1 atom stereocenters. The van der Waals surface area contributed by atoms with Crippen LogP contribution in [0.1, 0.15) is 5.56 Å². The van der Waals surface area contributed by atoms with Gasteiger partial charge in [-0.05, 0) is 31.7 Å². The molecule has 1 aliphatic heterocycles. The van der Waals surface area contributed by atoms with E-state index in [4.69, 9.17) is 16.3 Å². The number of rotatable bonds is 3. The first-order valence-corrected chi connectivity index (χ1v) is 5.88. The Bertz CT molecular complexity index is 437. The topological polar surface area (TPSA) is 41.6 Å². The van der Waals surface area contributed by atoms with Crippen LogP contribution in [0.15, 0.2) is 18.2 Å². The minimum atomic E-state index is -0.310. The summed E-state index contributed by atoms with van der Waals surface area (Å²) in [5.41, 5.74) is 1.72. The average molecular weight is 255 g/mol. The summed E-state index contributed by atoms with van der Waals surface area (Å²) in [5.74, 6) is 0. The number of anilines is 1. The van der Waals surface area contributed by atoms with Crippen LogP contribution in [0.5, 0.6) is 0 Å². The highest BCUT2D eigenvalue weighted by atomic mass is 35.5. The third kappa shape index (κ3) is 2.23. The molecule has 1 heterocycles. The molecule has 5 heteroatoms. The predicted molar refractivity (Wildman–Crippen MR) is 67.7 cm³/mol. The van der Waals surface area contributed by atoms with Gasteiger partial charge in [0, 0.05) is 11.6 Å². The van der Waals surface area contributed by atoms with Gasteiger partial charge in [0.15, 0.2) is 0 Å². The number of nitrogens with one attached hydrogen (secondary N) is 1. The van der Waals surface area contributed by atoms with Crippen LogP contribution in [0.2, 0.25) is 5.02 Å². The number of hydrogen-bond donors (Lipinski definition) is 1. The van der Waals surface area contributed by atoms with E-state index >= 15 is 0 Å². The van der Waals surface area contributed by atoms with Crippen molar-refractivity contribution in [1.82, 2.24) is 5.32 Å². The Balaban J connectivity index is 2.36. The first-order valence-electron chi connectivity index (χ1n) is 5.51. The van der Waals surface area contributed by atoms with E-state index in [9.17, 15) is 4.79 Å². The van der Waals surface area contributed by atoms with Gasteiger partial charge in [0.2, 0.25) is 0 Å². The molecule has 0 aromatic heterocycles. The Morgan fingerprint density at radius 1 is 1.59 bits per heavy atom. The normalized spacial score (nSPS) is 19.6. The quantitative estimate of drug-likeness (QED) is 0.899. The number of benzene rings is 1. The van der Waals surface area contributed by atoms with Crippen molar-refractivity contribution in [2.75, 3.05) is 25.1 Å². The molecule has 0 spiro atoms. The smallest absolute Gasteiger partial charge is 0.414 e. The fraction of sp³-hybridized carbons (Fsp3) is 0.417. The molecule has 1 N–H and O–H groups in total. The number of ether oxygens (including phenoxy) is 1. The van der Waals surface area contributed by atoms with Crippen LogP contribution >= 0.6 is 11.6 Å². The Labute approximate surface area is 106 Å². The molecule has 1 saturated heterocycles. The molecule has 92 valence electrons. The van der Waals surface area contributed by atoms with E-state index in [2.05, 4.69) is 5.32 Å². The lowest BCUT2D eigenvalue weighted by Crippen LogP contribution is -2.40. The molecule has 17 heavy (non-hydrogen) atoms. The van der Waals surface area contributed by atoms with E-state index in [1.54, 1.807) is 4.90 Å². The highest BCUT2D eigenvalue weighted by Crippen LogP contribution is 2.30. The zero-order valence-electron chi connectivity index (χ0n) is 9.87. The zero-order valence-corrected chi connectivity index (χ0v) is 10.6. The van der Waals surface area contributed by atoms with Crippen LogP contribution < -0.4 is 10.2 Å². The maximum Gasteiger partial charge on any atom is 0.414 e. The van der Waals surface area contributed by atoms with E-state index in [1.165, 1.54) is 0 Å². The Hall–Kier alpha value is -1.26. The molecule has 0 bridgehead atoms. The molecule has 0 radical (unpaired) electrons. The Morgan fingerprint density at radius 2 is 2.35 bits per heavy atom. The van der Waals surface area contributed by atoms with Gasteiger partial charge in [-0.25, -0.2) is 4.79 Å². The van der Waals surface area contributed by atoms with Crippen molar-refractivity contribution in [2.24, 2.45) is 0 Å². The first kappa shape index (κ1) is 12.2.